The van der Waals surface area contributed by atoms with E-state index in [-0.39, 0.29) is 6.10 Å². The van der Waals surface area contributed by atoms with Crippen molar-refractivity contribution >= 4 is 42.4 Å². The summed E-state index contributed by atoms with van der Waals surface area (Å²) in [6, 6.07) is 49.8. The van der Waals surface area contributed by atoms with Gasteiger partial charge in [0, 0.05) is 24.0 Å². The Morgan fingerprint density at radius 3 is 1.57 bits per heavy atom. The van der Waals surface area contributed by atoms with Gasteiger partial charge in [0.2, 0.25) is 0 Å². The molecule has 6 rings (SSSR count). The monoisotopic (exact) mass is 583 g/mol. The third-order valence-electron chi connectivity index (χ3n) is 7.41. The maximum absolute atomic E-state index is 6.45. The summed E-state index contributed by atoms with van der Waals surface area (Å²) in [5.74, 6) is 2.10. The Kier molecular flexibility index (Phi) is 9.47. The Bertz CT molecular complexity index is 1520. The molecule has 0 aromatic heterocycles. The summed E-state index contributed by atoms with van der Waals surface area (Å²) < 4.78 is 12.3. The number of hydrogen-bond acceptors (Lipinski definition) is 2. The van der Waals surface area contributed by atoms with E-state index >= 15 is 0 Å². The third-order valence-corrected chi connectivity index (χ3v) is 12.5. The van der Waals surface area contributed by atoms with Crippen molar-refractivity contribution in [2.75, 3.05) is 14.2 Å². The van der Waals surface area contributed by atoms with Gasteiger partial charge in [-0.05, 0) is 68.0 Å². The first-order valence-corrected chi connectivity index (χ1v) is 16.7. The van der Waals surface area contributed by atoms with Crippen LogP contribution in [-0.2, 0) is 4.74 Å². The molecule has 2 nitrogen and oxygen atoms in total. The molecule has 4 heteroatoms. The lowest BCUT2D eigenvalue weighted by atomic mass is 9.94. The van der Waals surface area contributed by atoms with Crippen molar-refractivity contribution in [3.8, 4) is 5.75 Å². The van der Waals surface area contributed by atoms with Crippen molar-refractivity contribution in [3.63, 3.8) is 0 Å². The lowest BCUT2D eigenvalue weighted by Gasteiger charge is -2.35. The lowest BCUT2D eigenvalue weighted by molar-refractivity contribution is 0.121. The van der Waals surface area contributed by atoms with E-state index in [4.69, 9.17) is 9.47 Å². The molecule has 42 heavy (non-hydrogen) atoms. The fraction of sp³-hybridized carbons (Fsp3) is 0.0789. The molecule has 0 aliphatic heterocycles. The molecule has 0 saturated heterocycles. The van der Waals surface area contributed by atoms with Crippen LogP contribution in [-0.4, -0.2) is 14.2 Å². The van der Waals surface area contributed by atoms with Gasteiger partial charge in [0.15, 0.2) is 0 Å². The number of hydrogen-bond donors (Lipinski definition) is 0. The van der Waals surface area contributed by atoms with Gasteiger partial charge in [0.1, 0.15) is 5.75 Å². The fourth-order valence-corrected chi connectivity index (χ4v) is 10.6. The summed E-state index contributed by atoms with van der Waals surface area (Å²) in [5, 5.41) is 6.44. The summed E-state index contributed by atoms with van der Waals surface area (Å²) in [6.07, 6.45) is 6.45. The van der Waals surface area contributed by atoms with E-state index in [1.165, 1.54) is 43.7 Å². The van der Waals surface area contributed by atoms with Gasteiger partial charge in [-0.3, -0.25) is 0 Å². The van der Waals surface area contributed by atoms with Gasteiger partial charge in [-0.15, -0.1) is 0 Å². The normalized spacial score (nSPS) is 15.5. The quantitative estimate of drug-likeness (QED) is 0.165. The maximum Gasteiger partial charge on any atom is 0.126 e. The van der Waals surface area contributed by atoms with Crippen LogP contribution in [0.1, 0.15) is 11.7 Å². The molecule has 5 aromatic carbocycles. The van der Waals surface area contributed by atoms with Crippen LogP contribution in [0.4, 0.5) is 0 Å². The molecule has 0 spiro atoms. The average molecular weight is 584 g/mol. The van der Waals surface area contributed by atoms with Crippen LogP contribution in [0.2, 0.25) is 0 Å². The minimum absolute atomic E-state index is 0.230. The molecule has 1 aliphatic rings. The maximum atomic E-state index is 6.45. The zero-order chi connectivity index (χ0) is 28.7. The predicted molar refractivity (Wildman–Crippen MR) is 180 cm³/mol. The van der Waals surface area contributed by atoms with Crippen molar-refractivity contribution in [2.45, 2.75) is 6.10 Å². The highest BCUT2D eigenvalue weighted by Crippen LogP contribution is 2.60. The van der Waals surface area contributed by atoms with Crippen molar-refractivity contribution in [3.05, 3.63) is 176 Å². The van der Waals surface area contributed by atoms with E-state index in [2.05, 4.69) is 153 Å². The number of methoxy groups -OCH3 is 2. The summed E-state index contributed by atoms with van der Waals surface area (Å²) in [6.45, 7) is 0. The van der Waals surface area contributed by atoms with E-state index < -0.39 is 15.8 Å². The molecular weight excluding hydrogens is 550 g/mol. The molecular formula is C38H33O2P2. The zero-order valence-corrected chi connectivity index (χ0v) is 25.6. The Balaban J connectivity index is 1.46. The Hall–Kier alpha value is -3.28. The second-order valence-electron chi connectivity index (χ2n) is 9.89. The number of para-hydroxylation sites is 1. The summed E-state index contributed by atoms with van der Waals surface area (Å²) in [5.41, 5.74) is 2.49. The first-order valence-electron chi connectivity index (χ1n) is 14.1. The molecule has 0 bridgehead atoms. The summed E-state index contributed by atoms with van der Waals surface area (Å²) >= 11 is 0. The molecule has 207 valence electrons. The highest BCUT2D eigenvalue weighted by Gasteiger charge is 2.43. The fourth-order valence-electron chi connectivity index (χ4n) is 5.57. The van der Waals surface area contributed by atoms with Gasteiger partial charge in [-0.1, -0.05) is 133 Å². The Labute approximate surface area is 253 Å². The van der Waals surface area contributed by atoms with Gasteiger partial charge in [0.25, 0.3) is 0 Å². The van der Waals surface area contributed by atoms with Gasteiger partial charge in [-0.25, -0.2) is 0 Å². The largest absolute Gasteiger partial charge is 0.496 e. The molecule has 0 N–H and O–H groups in total. The van der Waals surface area contributed by atoms with Crippen LogP contribution in [0.15, 0.2) is 140 Å². The van der Waals surface area contributed by atoms with Crippen LogP contribution in [0.3, 0.4) is 0 Å². The van der Waals surface area contributed by atoms with Gasteiger partial charge < -0.3 is 9.47 Å². The molecule has 1 saturated carbocycles. The predicted octanol–water partition coefficient (Wildman–Crippen LogP) is 7.01. The highest BCUT2D eigenvalue weighted by molar-refractivity contribution is 7.80. The molecule has 0 amide bonds. The molecule has 5 aromatic rings. The number of ether oxygens (including phenoxy) is 2. The molecule has 5 radical (unpaired) electrons. The summed E-state index contributed by atoms with van der Waals surface area (Å²) in [7, 11) is 1.90. The Morgan fingerprint density at radius 1 is 0.500 bits per heavy atom. The van der Waals surface area contributed by atoms with Crippen molar-refractivity contribution in [1.82, 2.24) is 0 Å². The standard InChI is InChI=1S/C38H33O2P2/c1-39-34-25-13-15-27-37(34)42(31-21-10-5-11-22-31)36-28-16-24-33(36)38(40-2)32-23-12-14-26-35(32)41(29-17-6-3-7-18-29)30-19-8-4-9-20-30/h3-28,38H,1-2H3/t38-,42+/m0/s1. The highest BCUT2D eigenvalue weighted by atomic mass is 31.1. The molecule has 1 aliphatic carbocycles. The topological polar surface area (TPSA) is 18.5 Å². The molecule has 0 heterocycles. The van der Waals surface area contributed by atoms with Crippen LogP contribution < -0.4 is 31.3 Å². The number of rotatable bonds is 10. The smallest absolute Gasteiger partial charge is 0.126 e. The van der Waals surface area contributed by atoms with Gasteiger partial charge >= 0.3 is 0 Å². The van der Waals surface area contributed by atoms with E-state index in [9.17, 15) is 0 Å². The van der Waals surface area contributed by atoms with E-state index in [0.717, 1.165) is 5.75 Å². The molecule has 2 atom stereocenters. The lowest BCUT2D eigenvalue weighted by Crippen LogP contribution is -2.29. The average Bonchev–Trinajstić information content (AvgIpc) is 3.53. The van der Waals surface area contributed by atoms with Crippen LogP contribution in [0.5, 0.6) is 5.75 Å². The van der Waals surface area contributed by atoms with Gasteiger partial charge in [-0.2, -0.15) is 0 Å². The second-order valence-corrected chi connectivity index (χ2v) is 14.2. The molecule has 0 unspecified atom stereocenters. The first-order chi connectivity index (χ1) is 20.8. The SMILES string of the molecule is COc1ccccc1[P@@]([C]1[CH][CH][CH][C]1[C@@H](OC)c1ccccc1P(c1ccccc1)c1ccccc1)c1ccccc1. The first kappa shape index (κ1) is 28.8. The van der Waals surface area contributed by atoms with E-state index in [0.29, 0.717) is 0 Å². The van der Waals surface area contributed by atoms with E-state index in [1.807, 2.05) is 13.2 Å². The van der Waals surface area contributed by atoms with Crippen molar-refractivity contribution in [2.24, 2.45) is 0 Å². The van der Waals surface area contributed by atoms with E-state index in [1.54, 1.807) is 7.11 Å². The zero-order valence-electron chi connectivity index (χ0n) is 23.8. The summed E-state index contributed by atoms with van der Waals surface area (Å²) in [4.78, 5) is 0. The van der Waals surface area contributed by atoms with Crippen LogP contribution in [0.25, 0.3) is 0 Å². The van der Waals surface area contributed by atoms with Crippen LogP contribution >= 0.6 is 15.8 Å². The third kappa shape index (κ3) is 5.95. The van der Waals surface area contributed by atoms with Gasteiger partial charge in [0.05, 0.1) is 13.2 Å². The molecule has 1 fully saturated rings. The minimum atomic E-state index is -0.897. The van der Waals surface area contributed by atoms with Crippen molar-refractivity contribution < 1.29 is 9.47 Å². The second kappa shape index (κ2) is 13.8. The minimum Gasteiger partial charge on any atom is -0.496 e. The Morgan fingerprint density at radius 2 is 1.00 bits per heavy atom. The van der Waals surface area contributed by atoms with Crippen molar-refractivity contribution in [1.29, 1.82) is 0 Å². The number of benzene rings is 5. The van der Waals surface area contributed by atoms with Crippen LogP contribution in [0, 0.1) is 30.8 Å².